The van der Waals surface area contributed by atoms with Crippen molar-refractivity contribution in [3.8, 4) is 5.75 Å². The number of para-hydroxylation sites is 2. The molecule has 3 rings (SSSR count). The third kappa shape index (κ3) is 5.84. The molecule has 1 amide bonds. The largest absolute Gasteiger partial charge is 0.482 e. The molecule has 1 aromatic heterocycles. The number of halogens is 1. The zero-order chi connectivity index (χ0) is 19.1. The number of nitrogens with one attached hydrogen (secondary N) is 2. The number of rotatable bonds is 7. The lowest BCUT2D eigenvalue weighted by molar-refractivity contribution is -0.121. The van der Waals surface area contributed by atoms with E-state index in [1.807, 2.05) is 35.6 Å². The minimum atomic E-state index is 0. The van der Waals surface area contributed by atoms with Crippen molar-refractivity contribution < 1.29 is 9.53 Å². The van der Waals surface area contributed by atoms with Gasteiger partial charge in [0.15, 0.2) is 12.6 Å². The van der Waals surface area contributed by atoms with Crippen LogP contribution in [0.3, 0.4) is 0 Å². The minimum absolute atomic E-state index is 0. The topological polar surface area (TPSA) is 66.0 Å². The number of hydrogen-bond donors (Lipinski definition) is 2. The Morgan fingerprint density at radius 2 is 2.00 bits per heavy atom. The van der Waals surface area contributed by atoms with Gasteiger partial charge in [-0.15, -0.1) is 35.3 Å². The van der Waals surface area contributed by atoms with Crippen molar-refractivity contribution in [2.45, 2.75) is 26.3 Å². The van der Waals surface area contributed by atoms with Crippen molar-refractivity contribution >= 4 is 52.9 Å². The first-order valence-electron chi connectivity index (χ1n) is 9.25. The molecule has 2 N–H and O–H groups in total. The van der Waals surface area contributed by atoms with Gasteiger partial charge in [-0.3, -0.25) is 9.79 Å². The Morgan fingerprint density at radius 1 is 1.21 bits per heavy atom. The van der Waals surface area contributed by atoms with Crippen LogP contribution in [0.5, 0.6) is 5.75 Å². The van der Waals surface area contributed by atoms with Gasteiger partial charge in [0.25, 0.3) is 5.91 Å². The number of carbonyl (C=O) groups excluding carboxylic acids is 1. The lowest BCUT2D eigenvalue weighted by Crippen LogP contribution is -2.41. The van der Waals surface area contributed by atoms with Crippen molar-refractivity contribution in [1.82, 2.24) is 10.6 Å². The number of anilines is 1. The lowest BCUT2D eigenvalue weighted by atomic mass is 10.2. The number of nitrogens with zero attached hydrogens (tertiary/aromatic N) is 2. The second-order valence-electron chi connectivity index (χ2n) is 6.23. The van der Waals surface area contributed by atoms with Crippen molar-refractivity contribution in [1.29, 1.82) is 0 Å². The molecule has 0 saturated carbocycles. The average Bonchev–Trinajstić information content (AvgIpc) is 3.17. The molecule has 0 bridgehead atoms. The second kappa shape index (κ2) is 11.3. The highest BCUT2D eigenvalue weighted by molar-refractivity contribution is 14.0. The van der Waals surface area contributed by atoms with Gasteiger partial charge in [-0.1, -0.05) is 19.1 Å². The molecule has 0 unspecified atom stereocenters. The number of thiophene rings is 1. The molecule has 0 atom stereocenters. The van der Waals surface area contributed by atoms with Crippen LogP contribution in [0, 0.1) is 0 Å². The van der Waals surface area contributed by atoms with Crippen LogP contribution in [0.4, 0.5) is 5.69 Å². The SMILES string of the molecule is CCc1ccc(CNC(=NC)NCCCN2C(=O)COc3ccccc32)s1.I. The first-order valence-corrected chi connectivity index (χ1v) is 10.1. The van der Waals surface area contributed by atoms with Crippen LogP contribution in [0.1, 0.15) is 23.1 Å². The summed E-state index contributed by atoms with van der Waals surface area (Å²) in [6, 6.07) is 12.0. The highest BCUT2D eigenvalue weighted by atomic mass is 127. The van der Waals surface area contributed by atoms with Gasteiger partial charge in [-0.25, -0.2) is 0 Å². The Balaban J connectivity index is 0.00000280. The molecule has 0 radical (unpaired) electrons. The molecule has 1 aliphatic rings. The second-order valence-corrected chi connectivity index (χ2v) is 7.48. The van der Waals surface area contributed by atoms with Crippen molar-refractivity contribution in [3.05, 3.63) is 46.2 Å². The lowest BCUT2D eigenvalue weighted by Gasteiger charge is -2.29. The van der Waals surface area contributed by atoms with Crippen LogP contribution in [-0.2, 0) is 17.8 Å². The summed E-state index contributed by atoms with van der Waals surface area (Å²) >= 11 is 1.82. The predicted octanol–water partition coefficient (Wildman–Crippen LogP) is 3.41. The van der Waals surface area contributed by atoms with E-state index in [0.717, 1.165) is 43.3 Å². The Kier molecular flexibility index (Phi) is 9.04. The van der Waals surface area contributed by atoms with Gasteiger partial charge in [-0.2, -0.15) is 0 Å². The van der Waals surface area contributed by atoms with Crippen molar-refractivity contribution in [2.24, 2.45) is 4.99 Å². The van der Waals surface area contributed by atoms with Gasteiger partial charge in [0.1, 0.15) is 5.75 Å². The van der Waals surface area contributed by atoms with Gasteiger partial charge in [0, 0.05) is 29.9 Å². The van der Waals surface area contributed by atoms with Gasteiger partial charge in [0.05, 0.1) is 12.2 Å². The van der Waals surface area contributed by atoms with E-state index in [4.69, 9.17) is 4.74 Å². The molecule has 2 heterocycles. The van der Waals surface area contributed by atoms with Crippen LogP contribution in [0.25, 0.3) is 0 Å². The average molecular weight is 514 g/mol. The molecule has 6 nitrogen and oxygen atoms in total. The monoisotopic (exact) mass is 514 g/mol. The van der Waals surface area contributed by atoms with Crippen LogP contribution >= 0.6 is 35.3 Å². The van der Waals surface area contributed by atoms with Gasteiger partial charge in [-0.05, 0) is 37.1 Å². The third-order valence-electron chi connectivity index (χ3n) is 4.38. The first-order chi connectivity index (χ1) is 13.2. The summed E-state index contributed by atoms with van der Waals surface area (Å²) < 4.78 is 5.48. The maximum absolute atomic E-state index is 12.2. The quantitative estimate of drug-likeness (QED) is 0.257. The van der Waals surface area contributed by atoms with E-state index in [0.29, 0.717) is 6.54 Å². The zero-order valence-corrected chi connectivity index (χ0v) is 19.4. The normalized spacial score (nSPS) is 13.4. The maximum atomic E-state index is 12.2. The van der Waals surface area contributed by atoms with E-state index in [1.54, 1.807) is 11.9 Å². The Labute approximate surface area is 187 Å². The zero-order valence-electron chi connectivity index (χ0n) is 16.2. The molecular formula is C20H27IN4O2S. The smallest absolute Gasteiger partial charge is 0.265 e. The summed E-state index contributed by atoms with van der Waals surface area (Å²) in [5, 5.41) is 6.65. The highest BCUT2D eigenvalue weighted by Gasteiger charge is 2.24. The van der Waals surface area contributed by atoms with Crippen molar-refractivity contribution in [2.75, 3.05) is 31.6 Å². The Morgan fingerprint density at radius 3 is 2.75 bits per heavy atom. The third-order valence-corrected chi connectivity index (χ3v) is 5.61. The Bertz CT molecular complexity index is 809. The fourth-order valence-corrected chi connectivity index (χ4v) is 3.84. The number of fused-ring (bicyclic) bond motifs is 1. The van der Waals surface area contributed by atoms with E-state index in [9.17, 15) is 4.79 Å². The molecule has 0 spiro atoms. The van der Waals surface area contributed by atoms with E-state index >= 15 is 0 Å². The molecule has 1 aromatic carbocycles. The van der Waals surface area contributed by atoms with E-state index < -0.39 is 0 Å². The molecule has 28 heavy (non-hydrogen) atoms. The van der Waals surface area contributed by atoms with E-state index in [1.165, 1.54) is 9.75 Å². The summed E-state index contributed by atoms with van der Waals surface area (Å²) in [5.41, 5.74) is 0.848. The van der Waals surface area contributed by atoms with Gasteiger partial charge < -0.3 is 20.3 Å². The van der Waals surface area contributed by atoms with Gasteiger partial charge >= 0.3 is 0 Å². The highest BCUT2D eigenvalue weighted by Crippen LogP contribution is 2.31. The molecule has 1 aliphatic heterocycles. The summed E-state index contributed by atoms with van der Waals surface area (Å²) in [7, 11) is 1.77. The number of carbonyl (C=O) groups is 1. The fourth-order valence-electron chi connectivity index (χ4n) is 2.94. The number of aliphatic imine (C=N–C) groups is 1. The van der Waals surface area contributed by atoms with Gasteiger partial charge in [0.2, 0.25) is 0 Å². The molecule has 0 fully saturated rings. The molecule has 2 aromatic rings. The van der Waals surface area contributed by atoms with Crippen molar-refractivity contribution in [3.63, 3.8) is 0 Å². The van der Waals surface area contributed by atoms with Crippen LogP contribution in [0.15, 0.2) is 41.4 Å². The van der Waals surface area contributed by atoms with E-state index in [-0.39, 0.29) is 36.5 Å². The molecule has 0 saturated heterocycles. The number of ether oxygens (including phenoxy) is 1. The molecule has 0 aliphatic carbocycles. The molecular weight excluding hydrogens is 487 g/mol. The summed E-state index contributed by atoms with van der Waals surface area (Å²) in [5.74, 6) is 1.54. The fraction of sp³-hybridized carbons (Fsp3) is 0.400. The Hall–Kier alpha value is -1.81. The number of aryl methyl sites for hydroxylation is 1. The molecule has 8 heteroatoms. The number of benzene rings is 1. The molecule has 152 valence electrons. The summed E-state index contributed by atoms with van der Waals surface area (Å²) in [6.45, 7) is 4.42. The number of amides is 1. The minimum Gasteiger partial charge on any atom is -0.482 e. The number of guanidine groups is 1. The maximum Gasteiger partial charge on any atom is 0.265 e. The standard InChI is InChI=1S/C20H26N4O2S.HI/c1-3-15-9-10-16(27-15)13-23-20(21-2)22-11-6-12-24-17-7-4-5-8-18(17)26-14-19(24)25;/h4-5,7-10H,3,6,11-14H2,1-2H3,(H2,21,22,23);1H. The van der Waals surface area contributed by atoms with Crippen LogP contribution < -0.4 is 20.3 Å². The van der Waals surface area contributed by atoms with E-state index in [2.05, 4.69) is 34.7 Å². The predicted molar refractivity (Wildman–Crippen MR) is 126 cm³/mol. The number of hydrogen-bond acceptors (Lipinski definition) is 4. The summed E-state index contributed by atoms with van der Waals surface area (Å²) in [4.78, 5) is 20.9. The van der Waals surface area contributed by atoms with Crippen LogP contribution in [-0.4, -0.2) is 38.6 Å². The summed E-state index contributed by atoms with van der Waals surface area (Å²) in [6.07, 6.45) is 1.89. The first kappa shape index (κ1) is 22.5. The van der Waals surface area contributed by atoms with Crippen LogP contribution in [0.2, 0.25) is 0 Å².